The molecule has 0 heterocycles. The molecule has 0 spiro atoms. The molecule has 2 aliphatic carbocycles. The Morgan fingerprint density at radius 3 is 2.13 bits per heavy atom. The second-order valence-corrected chi connectivity index (χ2v) is 8.38. The van der Waals surface area contributed by atoms with Crippen molar-refractivity contribution in [3.05, 3.63) is 45.7 Å². The maximum absolute atomic E-state index is 13.7. The van der Waals surface area contributed by atoms with Crippen LogP contribution < -0.4 is 0 Å². The first-order chi connectivity index (χ1) is 11.2. The maximum Gasteiger partial charge on any atom is 0.137 e. The predicted molar refractivity (Wildman–Crippen MR) is 99.2 cm³/mol. The third-order valence-corrected chi connectivity index (χ3v) is 6.80. The van der Waals surface area contributed by atoms with E-state index >= 15 is 0 Å². The fourth-order valence-corrected chi connectivity index (χ4v) is 5.05. The molecule has 0 amide bonds. The third-order valence-electron chi connectivity index (χ3n) is 6.01. The normalized spacial score (nSPS) is 32.3. The van der Waals surface area contributed by atoms with Gasteiger partial charge in [0.2, 0.25) is 0 Å². The highest BCUT2D eigenvalue weighted by Crippen LogP contribution is 2.44. The molecule has 0 atom stereocenters. The Morgan fingerprint density at radius 1 is 0.957 bits per heavy atom. The standard InChI is InChI=1S/C20H25BrClF/c21-19-10-9-18(13-20(19)23)17-7-5-16(6-8-17)15-3-1-14(2-4-15)11-12-22/h9-17H,1-8H2/b12-11+. The molecule has 0 radical (unpaired) electrons. The van der Waals surface area contributed by atoms with Crippen molar-refractivity contribution in [2.75, 3.05) is 0 Å². The van der Waals surface area contributed by atoms with Crippen LogP contribution in [0.5, 0.6) is 0 Å². The van der Waals surface area contributed by atoms with Gasteiger partial charge in [0.1, 0.15) is 5.82 Å². The molecule has 2 aliphatic rings. The van der Waals surface area contributed by atoms with Crippen LogP contribution in [0.2, 0.25) is 0 Å². The van der Waals surface area contributed by atoms with Gasteiger partial charge in [0.25, 0.3) is 0 Å². The van der Waals surface area contributed by atoms with Crippen molar-refractivity contribution in [2.24, 2.45) is 17.8 Å². The molecular formula is C20H25BrClF. The maximum atomic E-state index is 13.7. The summed E-state index contributed by atoms with van der Waals surface area (Å²) in [5.41, 5.74) is 2.87. The highest BCUT2D eigenvalue weighted by atomic mass is 79.9. The van der Waals surface area contributed by atoms with Crippen molar-refractivity contribution < 1.29 is 4.39 Å². The van der Waals surface area contributed by atoms with E-state index in [-0.39, 0.29) is 5.82 Å². The summed E-state index contributed by atoms with van der Waals surface area (Å²) in [5, 5.41) is 0. The van der Waals surface area contributed by atoms with E-state index in [1.807, 2.05) is 6.07 Å². The van der Waals surface area contributed by atoms with Gasteiger partial charge in [-0.1, -0.05) is 23.7 Å². The Balaban J connectivity index is 1.51. The molecule has 0 N–H and O–H groups in total. The van der Waals surface area contributed by atoms with Crippen LogP contribution in [-0.4, -0.2) is 0 Å². The van der Waals surface area contributed by atoms with Gasteiger partial charge in [0.15, 0.2) is 0 Å². The zero-order valence-corrected chi connectivity index (χ0v) is 15.8. The average molecular weight is 400 g/mol. The van der Waals surface area contributed by atoms with Gasteiger partial charge in [-0.05, 0) is 109 Å². The van der Waals surface area contributed by atoms with Gasteiger partial charge in [-0.3, -0.25) is 0 Å². The summed E-state index contributed by atoms with van der Waals surface area (Å²) in [6.45, 7) is 0. The fraction of sp³-hybridized carbons (Fsp3) is 0.600. The van der Waals surface area contributed by atoms with Crippen molar-refractivity contribution in [1.29, 1.82) is 0 Å². The summed E-state index contributed by atoms with van der Waals surface area (Å²) >= 11 is 8.95. The molecule has 126 valence electrons. The highest BCUT2D eigenvalue weighted by molar-refractivity contribution is 9.10. The zero-order chi connectivity index (χ0) is 16.2. The minimum absolute atomic E-state index is 0.129. The molecule has 0 saturated heterocycles. The lowest BCUT2D eigenvalue weighted by Crippen LogP contribution is -2.25. The monoisotopic (exact) mass is 398 g/mol. The first-order valence-corrected chi connectivity index (χ1v) is 10.1. The summed E-state index contributed by atoms with van der Waals surface area (Å²) in [4.78, 5) is 0. The van der Waals surface area contributed by atoms with Gasteiger partial charge in [-0.2, -0.15) is 0 Å². The molecule has 23 heavy (non-hydrogen) atoms. The summed E-state index contributed by atoms with van der Waals surface area (Å²) in [5.74, 6) is 2.90. The van der Waals surface area contributed by atoms with Crippen molar-refractivity contribution in [3.8, 4) is 0 Å². The van der Waals surface area contributed by atoms with E-state index in [1.54, 1.807) is 11.6 Å². The van der Waals surface area contributed by atoms with E-state index in [9.17, 15) is 4.39 Å². The van der Waals surface area contributed by atoms with E-state index in [2.05, 4.69) is 28.1 Å². The molecular weight excluding hydrogens is 375 g/mol. The van der Waals surface area contributed by atoms with Crippen molar-refractivity contribution in [1.82, 2.24) is 0 Å². The third kappa shape index (κ3) is 4.39. The summed E-state index contributed by atoms with van der Waals surface area (Å²) < 4.78 is 14.3. The molecule has 2 fully saturated rings. The van der Waals surface area contributed by atoms with E-state index < -0.39 is 0 Å². The number of rotatable bonds is 3. The fourth-order valence-electron chi connectivity index (χ4n) is 4.60. The van der Waals surface area contributed by atoms with Gasteiger partial charge in [0.05, 0.1) is 4.47 Å². The molecule has 3 rings (SSSR count). The van der Waals surface area contributed by atoms with E-state index in [0.717, 1.165) is 11.8 Å². The highest BCUT2D eigenvalue weighted by Gasteiger charge is 2.30. The van der Waals surface area contributed by atoms with Crippen LogP contribution in [0.25, 0.3) is 0 Å². The van der Waals surface area contributed by atoms with E-state index in [0.29, 0.717) is 16.3 Å². The first kappa shape index (κ1) is 17.5. The first-order valence-electron chi connectivity index (χ1n) is 8.89. The number of allylic oxidation sites excluding steroid dienone is 1. The van der Waals surface area contributed by atoms with Gasteiger partial charge in [-0.15, -0.1) is 0 Å². The molecule has 0 aromatic heterocycles. The second kappa shape index (κ2) is 8.16. The molecule has 0 aliphatic heterocycles. The number of halogens is 3. The van der Waals surface area contributed by atoms with Crippen LogP contribution in [0.3, 0.4) is 0 Å². The van der Waals surface area contributed by atoms with E-state index in [4.69, 9.17) is 11.6 Å². The Hall–Kier alpha value is -0.340. The van der Waals surface area contributed by atoms with Crippen LogP contribution in [0.15, 0.2) is 34.3 Å². The number of benzene rings is 1. The summed E-state index contributed by atoms with van der Waals surface area (Å²) in [6.07, 6.45) is 12.5. The smallest absolute Gasteiger partial charge is 0.137 e. The topological polar surface area (TPSA) is 0 Å². The summed E-state index contributed by atoms with van der Waals surface area (Å²) in [7, 11) is 0. The van der Waals surface area contributed by atoms with Gasteiger partial charge < -0.3 is 0 Å². The number of hydrogen-bond donors (Lipinski definition) is 0. The average Bonchev–Trinajstić information content (AvgIpc) is 2.59. The number of hydrogen-bond acceptors (Lipinski definition) is 0. The lowest BCUT2D eigenvalue weighted by molar-refractivity contribution is 0.171. The predicted octanol–water partition coefficient (Wildman–Crippen LogP) is 7.42. The minimum Gasteiger partial charge on any atom is -0.206 e. The van der Waals surface area contributed by atoms with Crippen molar-refractivity contribution in [3.63, 3.8) is 0 Å². The van der Waals surface area contributed by atoms with Crippen molar-refractivity contribution in [2.45, 2.75) is 57.3 Å². The van der Waals surface area contributed by atoms with Crippen molar-refractivity contribution >= 4 is 27.5 Å². The van der Waals surface area contributed by atoms with Crippen LogP contribution in [0, 0.1) is 23.6 Å². The molecule has 2 saturated carbocycles. The molecule has 1 aromatic rings. The Bertz CT molecular complexity index is 541. The van der Waals surface area contributed by atoms with Gasteiger partial charge in [-0.25, -0.2) is 4.39 Å². The van der Waals surface area contributed by atoms with Crippen LogP contribution >= 0.6 is 27.5 Å². The quantitative estimate of drug-likeness (QED) is 0.496. The Morgan fingerprint density at radius 2 is 1.57 bits per heavy atom. The van der Waals surface area contributed by atoms with Crippen LogP contribution in [-0.2, 0) is 0 Å². The van der Waals surface area contributed by atoms with E-state index in [1.165, 1.54) is 56.9 Å². The summed E-state index contributed by atoms with van der Waals surface area (Å²) in [6, 6.07) is 5.66. The molecule has 0 nitrogen and oxygen atoms in total. The SMILES string of the molecule is Fc1cc(C2CCC(C3CCC(/C=C/Cl)CC3)CC2)ccc1Br. The van der Waals surface area contributed by atoms with Crippen LogP contribution in [0.4, 0.5) is 4.39 Å². The molecule has 0 unspecified atom stereocenters. The largest absolute Gasteiger partial charge is 0.206 e. The molecule has 0 bridgehead atoms. The lowest BCUT2D eigenvalue weighted by atomic mass is 9.68. The van der Waals surface area contributed by atoms with Crippen LogP contribution in [0.1, 0.15) is 62.8 Å². The second-order valence-electron chi connectivity index (χ2n) is 7.28. The Kier molecular flexibility index (Phi) is 6.20. The lowest BCUT2D eigenvalue weighted by Gasteiger charge is -2.37. The zero-order valence-electron chi connectivity index (χ0n) is 13.5. The Labute approximate surface area is 152 Å². The van der Waals surface area contributed by atoms with Gasteiger partial charge >= 0.3 is 0 Å². The molecule has 3 heteroatoms. The molecule has 1 aromatic carbocycles. The minimum atomic E-state index is -0.129. The van der Waals surface area contributed by atoms with Gasteiger partial charge in [0, 0.05) is 5.54 Å².